The van der Waals surface area contributed by atoms with Crippen LogP contribution in [0.4, 0.5) is 13.2 Å². The molecule has 0 bridgehead atoms. The maximum Gasteiger partial charge on any atom is 0.422 e. The zero-order valence-electron chi connectivity index (χ0n) is 7.60. The Kier molecular flexibility index (Phi) is 4.83. The van der Waals surface area contributed by atoms with Crippen LogP contribution in [0.3, 0.4) is 0 Å². The van der Waals surface area contributed by atoms with Crippen LogP contribution in [0.25, 0.3) is 0 Å². The summed E-state index contributed by atoms with van der Waals surface area (Å²) in [5.41, 5.74) is -1.61. The predicted octanol–water partition coefficient (Wildman–Crippen LogP) is 0.178. The number of ether oxygens (including phenoxy) is 1. The van der Waals surface area contributed by atoms with E-state index < -0.39 is 30.3 Å². The number of carbonyl (C=O) groups excluding carboxylic acids is 2. The second-order valence-corrected chi connectivity index (χ2v) is 2.59. The van der Waals surface area contributed by atoms with Crippen molar-refractivity contribution in [1.82, 2.24) is 0 Å². The van der Waals surface area contributed by atoms with Crippen molar-refractivity contribution in [3.05, 3.63) is 12.2 Å². The minimum Gasteiger partial charge on any atom is -0.550 e. The fourth-order valence-electron chi connectivity index (χ4n) is 0.584. The van der Waals surface area contributed by atoms with Crippen molar-refractivity contribution >= 4 is 11.9 Å². The second-order valence-electron chi connectivity index (χ2n) is 2.59. The van der Waals surface area contributed by atoms with E-state index in [-0.39, 0.29) is 12.8 Å². The quantitative estimate of drug-likeness (QED) is 0.380. The topological polar surface area (TPSA) is 66.4 Å². The summed E-state index contributed by atoms with van der Waals surface area (Å²) in [6.45, 7) is 2.10. The van der Waals surface area contributed by atoms with Gasteiger partial charge in [-0.1, -0.05) is 6.58 Å². The lowest BCUT2D eigenvalue weighted by Crippen LogP contribution is -2.24. The molecule has 0 atom stereocenters. The Labute approximate surface area is 83.3 Å². The van der Waals surface area contributed by atoms with Gasteiger partial charge in [-0.15, -0.1) is 0 Å². The first-order valence-corrected chi connectivity index (χ1v) is 3.88. The molecule has 0 amide bonds. The van der Waals surface area contributed by atoms with Crippen LogP contribution < -0.4 is 5.11 Å². The number of hydrogen-bond acceptors (Lipinski definition) is 4. The molecule has 0 saturated carbocycles. The summed E-state index contributed by atoms with van der Waals surface area (Å²) in [7, 11) is 0. The van der Waals surface area contributed by atoms with Crippen LogP contribution in [0.1, 0.15) is 12.8 Å². The molecule has 0 radical (unpaired) electrons. The molecule has 0 rings (SSSR count). The monoisotopic (exact) mass is 225 g/mol. The fourth-order valence-corrected chi connectivity index (χ4v) is 0.584. The van der Waals surface area contributed by atoms with E-state index in [1.54, 1.807) is 0 Å². The third-order valence-electron chi connectivity index (χ3n) is 1.35. The molecule has 0 N–H and O–H groups in total. The molecule has 0 aromatic carbocycles. The molecule has 0 unspecified atom stereocenters. The van der Waals surface area contributed by atoms with Crippen LogP contribution in [0.2, 0.25) is 0 Å². The van der Waals surface area contributed by atoms with Gasteiger partial charge in [0.05, 0.1) is 6.61 Å². The molecule has 0 aromatic heterocycles. The molecule has 0 aliphatic carbocycles. The van der Waals surface area contributed by atoms with E-state index in [1.807, 2.05) is 0 Å². The Morgan fingerprint density at radius 3 is 2.27 bits per heavy atom. The van der Waals surface area contributed by atoms with Crippen molar-refractivity contribution in [1.29, 1.82) is 0 Å². The minimum atomic E-state index is -4.83. The summed E-state index contributed by atoms with van der Waals surface area (Å²) in [6.07, 6.45) is -5.31. The highest BCUT2D eigenvalue weighted by Gasteiger charge is 2.37. The van der Waals surface area contributed by atoms with Crippen LogP contribution >= 0.6 is 0 Å². The number of hydrogen-bond donors (Lipinski definition) is 0. The highest BCUT2D eigenvalue weighted by molar-refractivity contribution is 5.89. The Morgan fingerprint density at radius 1 is 1.33 bits per heavy atom. The maximum atomic E-state index is 11.8. The highest BCUT2D eigenvalue weighted by atomic mass is 19.4. The van der Waals surface area contributed by atoms with E-state index >= 15 is 0 Å². The Hall–Kier alpha value is -1.53. The average Bonchev–Trinajstić information content (AvgIpc) is 2.09. The molecule has 86 valence electrons. The van der Waals surface area contributed by atoms with Gasteiger partial charge in [0, 0.05) is 5.97 Å². The second kappa shape index (κ2) is 5.38. The van der Waals surface area contributed by atoms with Gasteiger partial charge in [-0.2, -0.15) is 13.2 Å². The number of carbonyl (C=O) groups is 2. The van der Waals surface area contributed by atoms with Crippen LogP contribution in [0.15, 0.2) is 12.2 Å². The van der Waals surface area contributed by atoms with E-state index in [1.165, 1.54) is 0 Å². The van der Waals surface area contributed by atoms with E-state index in [2.05, 4.69) is 11.3 Å². The number of rotatable bonds is 5. The summed E-state index contributed by atoms with van der Waals surface area (Å²) in [5, 5.41) is 9.89. The van der Waals surface area contributed by atoms with Crippen molar-refractivity contribution in [2.45, 2.75) is 19.0 Å². The molecule has 0 aliphatic rings. The molecule has 0 saturated heterocycles. The van der Waals surface area contributed by atoms with Crippen molar-refractivity contribution < 1.29 is 32.6 Å². The van der Waals surface area contributed by atoms with Gasteiger partial charge in [-0.05, 0) is 12.8 Å². The summed E-state index contributed by atoms with van der Waals surface area (Å²) in [4.78, 5) is 20.5. The molecule has 7 heteroatoms. The third kappa shape index (κ3) is 5.71. The third-order valence-corrected chi connectivity index (χ3v) is 1.35. The molecular weight excluding hydrogens is 217 g/mol. The van der Waals surface area contributed by atoms with E-state index in [9.17, 15) is 27.9 Å². The lowest BCUT2D eigenvalue weighted by Gasteiger charge is -2.09. The zero-order chi connectivity index (χ0) is 12.1. The van der Waals surface area contributed by atoms with Crippen LogP contribution in [0.5, 0.6) is 0 Å². The van der Waals surface area contributed by atoms with Gasteiger partial charge in [0.1, 0.15) is 5.57 Å². The van der Waals surface area contributed by atoms with Gasteiger partial charge in [0.25, 0.3) is 0 Å². The summed E-state index contributed by atoms with van der Waals surface area (Å²) < 4.78 is 39.6. The molecule has 0 heterocycles. The fraction of sp³-hybridized carbons (Fsp3) is 0.500. The molecule has 0 spiro atoms. The lowest BCUT2D eigenvalue weighted by atomic mass is 10.3. The minimum absolute atomic E-state index is 0.0980. The number of halogens is 3. The lowest BCUT2D eigenvalue weighted by molar-refractivity contribution is -0.305. The number of carboxylic acids is 1. The standard InChI is InChI=1S/C8H9F3O4/c1-5(8(9,10)11)7(14)15-4-2-3-6(12)13/h1-4H2,(H,12,13)/p-1. The van der Waals surface area contributed by atoms with Crippen molar-refractivity contribution in [3.8, 4) is 0 Å². The summed E-state index contributed by atoms with van der Waals surface area (Å²) in [5.74, 6) is -2.96. The summed E-state index contributed by atoms with van der Waals surface area (Å²) in [6, 6.07) is 0. The van der Waals surface area contributed by atoms with Crippen molar-refractivity contribution in [2.24, 2.45) is 0 Å². The molecule has 0 fully saturated rings. The predicted molar refractivity (Wildman–Crippen MR) is 40.4 cm³/mol. The Bertz CT molecular complexity index is 270. The first kappa shape index (κ1) is 13.5. The molecule has 0 aromatic rings. The summed E-state index contributed by atoms with van der Waals surface area (Å²) >= 11 is 0. The highest BCUT2D eigenvalue weighted by Crippen LogP contribution is 2.24. The zero-order valence-corrected chi connectivity index (χ0v) is 7.60. The van der Waals surface area contributed by atoms with Crippen molar-refractivity contribution in [3.63, 3.8) is 0 Å². The van der Waals surface area contributed by atoms with Gasteiger partial charge in [-0.3, -0.25) is 0 Å². The van der Waals surface area contributed by atoms with Gasteiger partial charge < -0.3 is 14.6 Å². The average molecular weight is 225 g/mol. The number of alkyl halides is 3. The van der Waals surface area contributed by atoms with E-state index in [0.29, 0.717) is 0 Å². The first-order chi connectivity index (χ1) is 6.75. The maximum absolute atomic E-state index is 11.8. The molecule has 0 aliphatic heterocycles. The smallest absolute Gasteiger partial charge is 0.422 e. The first-order valence-electron chi connectivity index (χ1n) is 3.88. The molecule has 4 nitrogen and oxygen atoms in total. The van der Waals surface area contributed by atoms with Gasteiger partial charge in [-0.25, -0.2) is 4.79 Å². The SMILES string of the molecule is C=C(C(=O)OCCCC(=O)[O-])C(F)(F)F. The molecule has 15 heavy (non-hydrogen) atoms. The van der Waals surface area contributed by atoms with Crippen LogP contribution in [-0.4, -0.2) is 24.7 Å². The normalized spacial score (nSPS) is 10.9. The van der Waals surface area contributed by atoms with Gasteiger partial charge in [0.2, 0.25) is 0 Å². The Balaban J connectivity index is 3.85. The van der Waals surface area contributed by atoms with Gasteiger partial charge in [0.15, 0.2) is 0 Å². The van der Waals surface area contributed by atoms with E-state index in [0.717, 1.165) is 0 Å². The molecular formula is C8H8F3O4-. The number of esters is 1. The van der Waals surface area contributed by atoms with Crippen LogP contribution in [0, 0.1) is 0 Å². The number of aliphatic carboxylic acids is 1. The Morgan fingerprint density at radius 2 is 1.87 bits per heavy atom. The van der Waals surface area contributed by atoms with Crippen LogP contribution in [-0.2, 0) is 14.3 Å². The number of carboxylic acid groups (broad SMARTS) is 1. The van der Waals surface area contributed by atoms with Gasteiger partial charge >= 0.3 is 12.1 Å². The van der Waals surface area contributed by atoms with E-state index in [4.69, 9.17) is 0 Å². The van der Waals surface area contributed by atoms with Crippen molar-refractivity contribution in [2.75, 3.05) is 6.61 Å². The largest absolute Gasteiger partial charge is 0.550 e.